The minimum absolute atomic E-state index is 0.430. The highest BCUT2D eigenvalue weighted by Gasteiger charge is 2.28. The van der Waals surface area contributed by atoms with Gasteiger partial charge in [0.2, 0.25) is 0 Å². The van der Waals surface area contributed by atoms with E-state index in [1.54, 1.807) is 0 Å². The molecular weight excluding hydrogens is 148 g/mol. The maximum Gasteiger partial charge on any atom is 0.0297 e. The largest absolute Gasteiger partial charge is 0.325 e. The van der Waals surface area contributed by atoms with E-state index in [9.17, 15) is 0 Å². The Morgan fingerprint density at radius 1 is 1.42 bits per heavy atom. The first-order valence-electron chi connectivity index (χ1n) is 4.87. The van der Waals surface area contributed by atoms with Crippen molar-refractivity contribution >= 4 is 0 Å². The van der Waals surface area contributed by atoms with Crippen molar-refractivity contribution in [3.05, 3.63) is 0 Å². The minimum atomic E-state index is 0.430. The third kappa shape index (κ3) is 2.46. The molecule has 0 radical (unpaired) electrons. The van der Waals surface area contributed by atoms with Crippen LogP contribution in [0.5, 0.6) is 0 Å². The molecule has 1 unspecified atom stereocenters. The molecule has 1 saturated heterocycles. The summed E-state index contributed by atoms with van der Waals surface area (Å²) in [5, 5.41) is 0. The lowest BCUT2D eigenvalue weighted by atomic mass is 9.81. The molecule has 72 valence electrons. The van der Waals surface area contributed by atoms with E-state index >= 15 is 0 Å². The molecule has 0 saturated carbocycles. The second-order valence-electron chi connectivity index (χ2n) is 5.25. The molecule has 2 N–H and O–H groups in total. The van der Waals surface area contributed by atoms with Crippen LogP contribution in [0, 0.1) is 11.3 Å². The number of rotatable bonds is 2. The molecule has 1 heterocycles. The van der Waals surface area contributed by atoms with Gasteiger partial charge in [-0.2, -0.15) is 0 Å². The van der Waals surface area contributed by atoms with Gasteiger partial charge in [0.05, 0.1) is 0 Å². The molecular formula is C10H22N2. The van der Waals surface area contributed by atoms with Crippen molar-refractivity contribution in [2.75, 3.05) is 19.6 Å². The standard InChI is InChI=1S/C10H22N2/c1-8(10(2,3)4)5-12-6-9(11)7-12/h8-9H,5-7,11H2,1-4H3. The van der Waals surface area contributed by atoms with Crippen LogP contribution >= 0.6 is 0 Å². The van der Waals surface area contributed by atoms with Gasteiger partial charge in [-0.1, -0.05) is 27.7 Å². The summed E-state index contributed by atoms with van der Waals surface area (Å²) in [5.74, 6) is 0.755. The van der Waals surface area contributed by atoms with Gasteiger partial charge in [0.15, 0.2) is 0 Å². The normalized spacial score (nSPS) is 23.8. The molecule has 0 aromatic carbocycles. The highest BCUT2D eigenvalue weighted by molar-refractivity contribution is 4.85. The fraction of sp³-hybridized carbons (Fsp3) is 1.00. The van der Waals surface area contributed by atoms with E-state index in [1.165, 1.54) is 6.54 Å². The Morgan fingerprint density at radius 2 is 1.92 bits per heavy atom. The first-order chi connectivity index (χ1) is 5.39. The van der Waals surface area contributed by atoms with Gasteiger partial charge in [-0.15, -0.1) is 0 Å². The van der Waals surface area contributed by atoms with Crippen LogP contribution in [-0.4, -0.2) is 30.6 Å². The van der Waals surface area contributed by atoms with Gasteiger partial charge in [0.25, 0.3) is 0 Å². The van der Waals surface area contributed by atoms with Crippen molar-refractivity contribution in [1.82, 2.24) is 4.90 Å². The number of likely N-dealkylation sites (tertiary alicyclic amines) is 1. The van der Waals surface area contributed by atoms with E-state index in [2.05, 4.69) is 32.6 Å². The molecule has 0 aromatic heterocycles. The van der Waals surface area contributed by atoms with Gasteiger partial charge >= 0.3 is 0 Å². The van der Waals surface area contributed by atoms with Crippen molar-refractivity contribution in [2.24, 2.45) is 17.1 Å². The van der Waals surface area contributed by atoms with Gasteiger partial charge in [0.1, 0.15) is 0 Å². The Balaban J connectivity index is 2.23. The number of hydrogen-bond donors (Lipinski definition) is 1. The van der Waals surface area contributed by atoms with Crippen LogP contribution in [0.3, 0.4) is 0 Å². The smallest absolute Gasteiger partial charge is 0.0297 e. The van der Waals surface area contributed by atoms with Gasteiger partial charge < -0.3 is 5.73 Å². The van der Waals surface area contributed by atoms with Crippen LogP contribution in [0.25, 0.3) is 0 Å². The lowest BCUT2D eigenvalue weighted by Crippen LogP contribution is -2.57. The molecule has 0 amide bonds. The van der Waals surface area contributed by atoms with Crippen LogP contribution in [0.4, 0.5) is 0 Å². The summed E-state index contributed by atoms with van der Waals surface area (Å²) >= 11 is 0. The average Bonchev–Trinajstić information content (AvgIpc) is 1.82. The van der Waals surface area contributed by atoms with E-state index in [-0.39, 0.29) is 0 Å². The predicted octanol–water partition coefficient (Wildman–Crippen LogP) is 1.31. The molecule has 0 spiro atoms. The third-order valence-corrected chi connectivity index (χ3v) is 3.00. The zero-order chi connectivity index (χ0) is 9.35. The Labute approximate surface area is 76.1 Å². The predicted molar refractivity (Wildman–Crippen MR) is 53.0 cm³/mol. The second kappa shape index (κ2) is 3.35. The van der Waals surface area contributed by atoms with Gasteiger partial charge in [-0.05, 0) is 11.3 Å². The second-order valence-corrected chi connectivity index (χ2v) is 5.25. The Bertz CT molecular complexity index is 142. The Morgan fingerprint density at radius 3 is 2.25 bits per heavy atom. The van der Waals surface area contributed by atoms with Crippen molar-refractivity contribution < 1.29 is 0 Å². The van der Waals surface area contributed by atoms with Crippen molar-refractivity contribution in [2.45, 2.75) is 33.7 Å². The van der Waals surface area contributed by atoms with Crippen molar-refractivity contribution in [3.8, 4) is 0 Å². The highest BCUT2D eigenvalue weighted by atomic mass is 15.2. The van der Waals surface area contributed by atoms with Gasteiger partial charge in [-0.25, -0.2) is 0 Å². The molecule has 0 aromatic rings. The van der Waals surface area contributed by atoms with Crippen LogP contribution in [-0.2, 0) is 0 Å². The van der Waals surface area contributed by atoms with Crippen LogP contribution in [0.15, 0.2) is 0 Å². The monoisotopic (exact) mass is 170 g/mol. The zero-order valence-electron chi connectivity index (χ0n) is 8.80. The van der Waals surface area contributed by atoms with Crippen LogP contribution in [0.1, 0.15) is 27.7 Å². The maximum absolute atomic E-state index is 5.71. The SMILES string of the molecule is CC(CN1CC(N)C1)C(C)(C)C. The molecule has 0 aliphatic carbocycles. The first kappa shape index (κ1) is 10.0. The summed E-state index contributed by atoms with van der Waals surface area (Å²) in [5.41, 5.74) is 6.14. The topological polar surface area (TPSA) is 29.3 Å². The zero-order valence-corrected chi connectivity index (χ0v) is 8.80. The van der Waals surface area contributed by atoms with Gasteiger partial charge in [0, 0.05) is 25.7 Å². The summed E-state index contributed by atoms with van der Waals surface area (Å²) in [4.78, 5) is 2.45. The molecule has 1 rings (SSSR count). The van der Waals surface area contributed by atoms with E-state index in [0.717, 1.165) is 19.0 Å². The number of nitrogens with zero attached hydrogens (tertiary/aromatic N) is 1. The summed E-state index contributed by atoms with van der Waals surface area (Å²) in [7, 11) is 0. The van der Waals surface area contributed by atoms with Crippen molar-refractivity contribution in [3.63, 3.8) is 0 Å². The number of nitrogens with two attached hydrogens (primary N) is 1. The number of hydrogen-bond acceptors (Lipinski definition) is 2. The lowest BCUT2D eigenvalue weighted by molar-refractivity contribution is 0.0941. The molecule has 2 heteroatoms. The van der Waals surface area contributed by atoms with E-state index in [0.29, 0.717) is 11.5 Å². The average molecular weight is 170 g/mol. The minimum Gasteiger partial charge on any atom is -0.325 e. The fourth-order valence-corrected chi connectivity index (χ4v) is 1.42. The highest BCUT2D eigenvalue weighted by Crippen LogP contribution is 2.26. The molecule has 0 bridgehead atoms. The lowest BCUT2D eigenvalue weighted by Gasteiger charge is -2.41. The third-order valence-electron chi connectivity index (χ3n) is 3.00. The molecule has 1 atom stereocenters. The molecule has 2 nitrogen and oxygen atoms in total. The van der Waals surface area contributed by atoms with Crippen LogP contribution in [0.2, 0.25) is 0 Å². The molecule has 1 fully saturated rings. The molecule has 1 aliphatic rings. The van der Waals surface area contributed by atoms with E-state index in [1.807, 2.05) is 0 Å². The quantitative estimate of drug-likeness (QED) is 0.677. The first-order valence-corrected chi connectivity index (χ1v) is 4.87. The summed E-state index contributed by atoms with van der Waals surface area (Å²) in [6, 6.07) is 0.442. The van der Waals surface area contributed by atoms with Crippen molar-refractivity contribution in [1.29, 1.82) is 0 Å². The summed E-state index contributed by atoms with van der Waals surface area (Å²) < 4.78 is 0. The van der Waals surface area contributed by atoms with Gasteiger partial charge in [-0.3, -0.25) is 4.90 Å². The molecule has 1 aliphatic heterocycles. The fourth-order valence-electron chi connectivity index (χ4n) is 1.42. The Hall–Kier alpha value is -0.0800. The Kier molecular flexibility index (Phi) is 2.79. The van der Waals surface area contributed by atoms with Crippen LogP contribution < -0.4 is 5.73 Å². The summed E-state index contributed by atoms with van der Waals surface area (Å²) in [6.07, 6.45) is 0. The summed E-state index contributed by atoms with van der Waals surface area (Å²) in [6.45, 7) is 12.6. The van der Waals surface area contributed by atoms with E-state index in [4.69, 9.17) is 5.73 Å². The maximum atomic E-state index is 5.71. The van der Waals surface area contributed by atoms with E-state index < -0.39 is 0 Å². The molecule has 12 heavy (non-hydrogen) atoms.